The number of aromatic nitrogens is 1. The van der Waals surface area contributed by atoms with Crippen LogP contribution in [0, 0.1) is 0 Å². The SMILES string of the molecule is CC(C)(C)OC(=O)NCC(=O)Nc1cccc(NC(=O)c2ccc(-n3cccc3)cc2)c1. The Hall–Kier alpha value is -4.07. The fourth-order valence-corrected chi connectivity index (χ4v) is 2.84. The molecule has 3 N–H and O–H groups in total. The second-order valence-electron chi connectivity index (χ2n) is 8.08. The number of benzene rings is 2. The lowest BCUT2D eigenvalue weighted by Gasteiger charge is -2.19. The summed E-state index contributed by atoms with van der Waals surface area (Å²) in [5, 5.41) is 7.89. The third-order valence-electron chi connectivity index (χ3n) is 4.23. The van der Waals surface area contributed by atoms with Gasteiger partial charge in [0.15, 0.2) is 0 Å². The highest BCUT2D eigenvalue weighted by Gasteiger charge is 2.16. The van der Waals surface area contributed by atoms with Gasteiger partial charge < -0.3 is 25.3 Å². The van der Waals surface area contributed by atoms with E-state index in [0.29, 0.717) is 16.9 Å². The third-order valence-corrected chi connectivity index (χ3v) is 4.23. The van der Waals surface area contributed by atoms with E-state index < -0.39 is 17.6 Å². The van der Waals surface area contributed by atoms with E-state index in [1.54, 1.807) is 57.2 Å². The van der Waals surface area contributed by atoms with Crippen LogP contribution in [-0.2, 0) is 9.53 Å². The molecule has 1 aromatic heterocycles. The molecule has 0 atom stereocenters. The first-order valence-corrected chi connectivity index (χ1v) is 10.1. The van der Waals surface area contributed by atoms with Gasteiger partial charge in [0.05, 0.1) is 0 Å². The molecular formula is C24H26N4O4. The minimum absolute atomic E-state index is 0.237. The van der Waals surface area contributed by atoms with Crippen LogP contribution in [0.15, 0.2) is 73.1 Å². The van der Waals surface area contributed by atoms with Crippen LogP contribution in [0.1, 0.15) is 31.1 Å². The average Bonchev–Trinajstić information content (AvgIpc) is 3.26. The minimum atomic E-state index is -0.670. The van der Waals surface area contributed by atoms with E-state index in [0.717, 1.165) is 5.69 Å². The molecule has 0 radical (unpaired) electrons. The number of carbonyl (C=O) groups is 3. The van der Waals surface area contributed by atoms with Gasteiger partial charge in [0.1, 0.15) is 12.1 Å². The second-order valence-corrected chi connectivity index (χ2v) is 8.08. The quantitative estimate of drug-likeness (QED) is 0.541. The van der Waals surface area contributed by atoms with Crippen molar-refractivity contribution in [1.29, 1.82) is 0 Å². The number of alkyl carbamates (subject to hydrolysis) is 1. The molecule has 32 heavy (non-hydrogen) atoms. The number of ether oxygens (including phenoxy) is 1. The normalized spacial score (nSPS) is 10.8. The Balaban J connectivity index is 1.54. The molecule has 0 aliphatic carbocycles. The summed E-state index contributed by atoms with van der Waals surface area (Å²) in [7, 11) is 0. The van der Waals surface area contributed by atoms with Crippen LogP contribution in [0.5, 0.6) is 0 Å². The first-order valence-electron chi connectivity index (χ1n) is 10.1. The van der Waals surface area contributed by atoms with Crippen molar-refractivity contribution in [2.75, 3.05) is 17.2 Å². The molecule has 3 amide bonds. The molecule has 0 saturated carbocycles. The van der Waals surface area contributed by atoms with Gasteiger partial charge in [-0.2, -0.15) is 0 Å². The summed E-state index contributed by atoms with van der Waals surface area (Å²) in [6.07, 6.45) is 3.19. The summed E-state index contributed by atoms with van der Waals surface area (Å²) in [6.45, 7) is 4.98. The molecule has 3 aromatic rings. The molecule has 0 fully saturated rings. The van der Waals surface area contributed by atoms with E-state index in [2.05, 4.69) is 16.0 Å². The number of anilines is 2. The fourth-order valence-electron chi connectivity index (χ4n) is 2.84. The highest BCUT2D eigenvalue weighted by Crippen LogP contribution is 2.17. The van der Waals surface area contributed by atoms with E-state index in [1.807, 2.05) is 41.2 Å². The Labute approximate surface area is 186 Å². The van der Waals surface area contributed by atoms with Crippen molar-refractivity contribution in [2.24, 2.45) is 0 Å². The van der Waals surface area contributed by atoms with E-state index >= 15 is 0 Å². The lowest BCUT2D eigenvalue weighted by molar-refractivity contribution is -0.115. The summed E-state index contributed by atoms with van der Waals surface area (Å²) < 4.78 is 7.04. The Bertz CT molecular complexity index is 1080. The first-order chi connectivity index (χ1) is 15.2. The number of rotatable bonds is 6. The molecule has 0 aliphatic heterocycles. The summed E-state index contributed by atoms with van der Waals surface area (Å²) in [5.41, 5.74) is 1.84. The van der Waals surface area contributed by atoms with Gasteiger partial charge in [-0.1, -0.05) is 6.07 Å². The Morgan fingerprint density at radius 3 is 2.12 bits per heavy atom. The van der Waals surface area contributed by atoms with Gasteiger partial charge in [-0.25, -0.2) is 4.79 Å². The van der Waals surface area contributed by atoms with Crippen LogP contribution in [0.25, 0.3) is 5.69 Å². The maximum absolute atomic E-state index is 12.6. The molecule has 8 nitrogen and oxygen atoms in total. The van der Waals surface area contributed by atoms with Crippen LogP contribution in [0.2, 0.25) is 0 Å². The van der Waals surface area contributed by atoms with Crippen LogP contribution in [-0.4, -0.2) is 34.6 Å². The third kappa shape index (κ3) is 6.73. The van der Waals surface area contributed by atoms with Crippen molar-refractivity contribution in [2.45, 2.75) is 26.4 Å². The highest BCUT2D eigenvalue weighted by molar-refractivity contribution is 6.04. The van der Waals surface area contributed by atoms with Crippen molar-refractivity contribution >= 4 is 29.3 Å². The van der Waals surface area contributed by atoms with E-state index in [4.69, 9.17) is 4.74 Å². The van der Waals surface area contributed by atoms with Crippen molar-refractivity contribution < 1.29 is 19.1 Å². The molecule has 0 unspecified atom stereocenters. The van der Waals surface area contributed by atoms with Gasteiger partial charge in [0, 0.05) is 35.0 Å². The number of carbonyl (C=O) groups excluding carboxylic acids is 3. The molecule has 1 heterocycles. The molecule has 166 valence electrons. The van der Waals surface area contributed by atoms with Crippen molar-refractivity contribution in [3.05, 3.63) is 78.6 Å². The summed E-state index contributed by atoms with van der Waals surface area (Å²) in [6, 6.07) is 17.8. The number of nitrogens with zero attached hydrogens (tertiary/aromatic N) is 1. The van der Waals surface area contributed by atoms with E-state index in [-0.39, 0.29) is 12.5 Å². The number of hydrogen-bond acceptors (Lipinski definition) is 4. The molecule has 3 rings (SSSR count). The lowest BCUT2D eigenvalue weighted by Crippen LogP contribution is -2.37. The van der Waals surface area contributed by atoms with Gasteiger partial charge in [-0.3, -0.25) is 9.59 Å². The Morgan fingerprint density at radius 2 is 1.50 bits per heavy atom. The predicted molar refractivity (Wildman–Crippen MR) is 123 cm³/mol. The van der Waals surface area contributed by atoms with Crippen LogP contribution in [0.4, 0.5) is 16.2 Å². The monoisotopic (exact) mass is 434 g/mol. The van der Waals surface area contributed by atoms with Crippen molar-refractivity contribution in [1.82, 2.24) is 9.88 Å². The van der Waals surface area contributed by atoms with E-state index in [9.17, 15) is 14.4 Å². The maximum Gasteiger partial charge on any atom is 0.408 e. The van der Waals surface area contributed by atoms with Crippen LogP contribution in [0.3, 0.4) is 0 Å². The molecule has 8 heteroatoms. The molecular weight excluding hydrogens is 408 g/mol. The van der Waals surface area contributed by atoms with Crippen molar-refractivity contribution in [3.63, 3.8) is 0 Å². The minimum Gasteiger partial charge on any atom is -0.444 e. The maximum atomic E-state index is 12.6. The van der Waals surface area contributed by atoms with Crippen molar-refractivity contribution in [3.8, 4) is 5.69 Å². The molecule has 0 spiro atoms. The number of nitrogens with one attached hydrogen (secondary N) is 3. The highest BCUT2D eigenvalue weighted by atomic mass is 16.6. The lowest BCUT2D eigenvalue weighted by atomic mass is 10.2. The van der Waals surface area contributed by atoms with E-state index in [1.165, 1.54) is 0 Å². The van der Waals surface area contributed by atoms with Gasteiger partial charge in [-0.05, 0) is 75.4 Å². The summed E-state index contributed by atoms with van der Waals surface area (Å²) in [4.78, 5) is 36.3. The number of amides is 3. The number of hydrogen-bond donors (Lipinski definition) is 3. The smallest absolute Gasteiger partial charge is 0.408 e. The molecule has 0 saturated heterocycles. The standard InChI is InChI=1S/C24H26N4O4/c1-24(2,3)32-23(31)25-16-21(29)26-18-7-6-8-19(15-18)27-22(30)17-9-11-20(12-10-17)28-13-4-5-14-28/h4-15H,16H2,1-3H3,(H,25,31)(H,26,29)(H,27,30). The van der Waals surface area contributed by atoms with Gasteiger partial charge in [0.25, 0.3) is 5.91 Å². The Kier molecular flexibility index (Phi) is 6.94. The fraction of sp³-hybridized carbons (Fsp3) is 0.208. The second kappa shape index (κ2) is 9.82. The summed E-state index contributed by atoms with van der Waals surface area (Å²) >= 11 is 0. The predicted octanol–water partition coefficient (Wildman–Crippen LogP) is 4.19. The molecule has 2 aromatic carbocycles. The topological polar surface area (TPSA) is 101 Å². The summed E-state index contributed by atoms with van der Waals surface area (Å²) in [5.74, 6) is -0.681. The Morgan fingerprint density at radius 1 is 0.875 bits per heavy atom. The zero-order valence-electron chi connectivity index (χ0n) is 18.2. The van der Waals surface area contributed by atoms with Gasteiger partial charge >= 0.3 is 6.09 Å². The first kappa shape index (κ1) is 22.6. The average molecular weight is 434 g/mol. The zero-order chi connectivity index (χ0) is 23.1. The van der Waals surface area contributed by atoms with Gasteiger partial charge in [-0.15, -0.1) is 0 Å². The largest absolute Gasteiger partial charge is 0.444 e. The molecule has 0 aliphatic rings. The van der Waals surface area contributed by atoms with Crippen LogP contribution < -0.4 is 16.0 Å². The van der Waals surface area contributed by atoms with Gasteiger partial charge in [0.2, 0.25) is 5.91 Å². The van der Waals surface area contributed by atoms with Crippen LogP contribution >= 0.6 is 0 Å². The zero-order valence-corrected chi connectivity index (χ0v) is 18.2. The molecule has 0 bridgehead atoms.